The third kappa shape index (κ3) is 5.41. The van der Waals surface area contributed by atoms with Crippen LogP contribution in [0.25, 0.3) is 22.5 Å². The number of tetrazole rings is 1. The van der Waals surface area contributed by atoms with Gasteiger partial charge in [0.25, 0.3) is 0 Å². The van der Waals surface area contributed by atoms with Gasteiger partial charge >= 0.3 is 0 Å². The second-order valence-corrected chi connectivity index (χ2v) is 9.34. The van der Waals surface area contributed by atoms with E-state index in [0.29, 0.717) is 43.4 Å². The Morgan fingerprint density at radius 3 is 2.56 bits per heavy atom. The first-order chi connectivity index (χ1) is 17.7. The summed E-state index contributed by atoms with van der Waals surface area (Å²) in [5, 5.41) is 18.9. The molecule has 8 heteroatoms. The van der Waals surface area contributed by atoms with Crippen LogP contribution in [0.3, 0.4) is 0 Å². The lowest BCUT2D eigenvalue weighted by Gasteiger charge is -2.19. The van der Waals surface area contributed by atoms with Crippen molar-refractivity contribution in [2.24, 2.45) is 5.92 Å². The van der Waals surface area contributed by atoms with Gasteiger partial charge in [0.1, 0.15) is 5.82 Å². The maximum absolute atomic E-state index is 12.9. The largest absolute Gasteiger partial charge is 0.291 e. The molecule has 2 aromatic carbocycles. The van der Waals surface area contributed by atoms with Gasteiger partial charge in [0.2, 0.25) is 11.6 Å². The Labute approximate surface area is 210 Å². The lowest BCUT2D eigenvalue weighted by Crippen LogP contribution is -2.13. The normalized spacial score (nSPS) is 14.0. The van der Waals surface area contributed by atoms with Crippen LogP contribution in [0.1, 0.15) is 67.0 Å². The molecule has 36 heavy (non-hydrogen) atoms. The van der Waals surface area contributed by atoms with Crippen molar-refractivity contribution in [1.29, 1.82) is 0 Å². The lowest BCUT2D eigenvalue weighted by molar-refractivity contribution is 0.0939. The smallest absolute Gasteiger partial charge is 0.217 e. The first-order valence-corrected chi connectivity index (χ1v) is 12.5. The number of nitrogens with zero attached hydrogens (tertiary/aromatic N) is 6. The van der Waals surface area contributed by atoms with Crippen molar-refractivity contribution in [2.45, 2.75) is 57.9 Å². The van der Waals surface area contributed by atoms with Crippen molar-refractivity contribution in [3.8, 4) is 34.9 Å². The predicted octanol–water partition coefficient (Wildman–Crippen LogP) is 4.89. The van der Waals surface area contributed by atoms with Crippen molar-refractivity contribution in [1.82, 2.24) is 35.4 Å². The van der Waals surface area contributed by atoms with Crippen molar-refractivity contribution in [3.63, 3.8) is 0 Å². The highest BCUT2D eigenvalue weighted by molar-refractivity contribution is 5.92. The van der Waals surface area contributed by atoms with Gasteiger partial charge in [-0.25, -0.2) is 14.8 Å². The zero-order valence-corrected chi connectivity index (χ0v) is 20.2. The fourth-order valence-electron chi connectivity index (χ4n) is 4.91. The zero-order valence-electron chi connectivity index (χ0n) is 20.2. The predicted molar refractivity (Wildman–Crippen MR) is 137 cm³/mol. The van der Waals surface area contributed by atoms with Crippen LogP contribution in [0, 0.1) is 18.3 Å². The number of rotatable bonds is 9. The summed E-state index contributed by atoms with van der Waals surface area (Å²) in [5.41, 5.74) is 4.09. The molecule has 0 aliphatic heterocycles. The summed E-state index contributed by atoms with van der Waals surface area (Å²) in [6.07, 6.45) is 13.1. The number of aromatic amines is 1. The molecule has 2 heterocycles. The number of ketones is 1. The van der Waals surface area contributed by atoms with Gasteiger partial charge in [-0.2, -0.15) is 0 Å². The lowest BCUT2D eigenvalue weighted by atomic mass is 9.86. The van der Waals surface area contributed by atoms with E-state index in [0.717, 1.165) is 40.9 Å². The number of hydrogen-bond donors (Lipinski definition) is 1. The summed E-state index contributed by atoms with van der Waals surface area (Å²) >= 11 is 0. The van der Waals surface area contributed by atoms with Crippen molar-refractivity contribution >= 4 is 5.78 Å². The maximum atomic E-state index is 12.9. The van der Waals surface area contributed by atoms with Gasteiger partial charge in [0.05, 0.1) is 6.54 Å². The highest BCUT2D eigenvalue weighted by Gasteiger charge is 2.22. The van der Waals surface area contributed by atoms with Crippen LogP contribution in [-0.4, -0.2) is 41.2 Å². The van der Waals surface area contributed by atoms with Gasteiger partial charge < -0.3 is 0 Å². The van der Waals surface area contributed by atoms with Crippen LogP contribution in [0.15, 0.2) is 48.5 Å². The molecule has 4 aromatic rings. The van der Waals surface area contributed by atoms with Crippen molar-refractivity contribution in [3.05, 3.63) is 65.7 Å². The minimum absolute atomic E-state index is 0.0384. The van der Waals surface area contributed by atoms with E-state index in [1.54, 1.807) is 0 Å². The molecule has 0 spiro atoms. The van der Waals surface area contributed by atoms with Crippen LogP contribution in [0.2, 0.25) is 0 Å². The molecule has 1 fully saturated rings. The van der Waals surface area contributed by atoms with Crippen LogP contribution in [0.5, 0.6) is 0 Å². The van der Waals surface area contributed by atoms with Gasteiger partial charge in [-0.1, -0.05) is 80.6 Å². The van der Waals surface area contributed by atoms with Gasteiger partial charge in [-0.3, -0.25) is 4.79 Å². The molecule has 0 saturated heterocycles. The average Bonchev–Trinajstić information content (AvgIpc) is 3.59. The third-order valence-corrected chi connectivity index (χ3v) is 6.81. The monoisotopic (exact) mass is 479 g/mol. The van der Waals surface area contributed by atoms with Crippen LogP contribution >= 0.6 is 0 Å². The number of aromatic nitrogens is 7. The van der Waals surface area contributed by atoms with Crippen molar-refractivity contribution < 1.29 is 4.79 Å². The molecular weight excluding hydrogens is 450 g/mol. The Hall–Kier alpha value is -4.12. The molecule has 0 amide bonds. The Balaban J connectivity index is 1.35. The number of H-pyrrole nitrogens is 1. The summed E-state index contributed by atoms with van der Waals surface area (Å²) in [7, 11) is 0. The van der Waals surface area contributed by atoms with Crippen molar-refractivity contribution in [2.75, 3.05) is 0 Å². The fraction of sp³-hybridized carbons (Fsp3) is 0.357. The zero-order chi connectivity index (χ0) is 24.7. The highest BCUT2D eigenvalue weighted by Crippen LogP contribution is 2.30. The minimum atomic E-state index is 0.0384. The number of hydrogen-bond acceptors (Lipinski definition) is 6. The molecular formula is C28H29N7O. The topological polar surface area (TPSA) is 102 Å². The standard InChI is InChI=1S/C28H29N7O/c1-2-3-13-26-29-28(25(36)18-20-9-5-4-6-10-20)32-35(26)19-21-14-16-22(17-15-21)23-11-7-8-12-24(23)27-30-33-34-31-27/h1,7-8,11-12,14-17,20H,3-6,9-10,13,18-19H2,(H,30,31,33,34). The van der Waals surface area contributed by atoms with E-state index in [1.165, 1.54) is 19.3 Å². The van der Waals surface area contributed by atoms with Crippen LogP contribution in [0.4, 0.5) is 0 Å². The molecule has 1 aliphatic carbocycles. The first-order valence-electron chi connectivity index (χ1n) is 12.5. The number of terminal acetylenes is 1. The van der Waals surface area contributed by atoms with E-state index in [-0.39, 0.29) is 5.78 Å². The maximum Gasteiger partial charge on any atom is 0.217 e. The third-order valence-electron chi connectivity index (χ3n) is 6.81. The highest BCUT2D eigenvalue weighted by atomic mass is 16.1. The molecule has 0 bridgehead atoms. The Bertz CT molecular complexity index is 1340. The molecule has 2 aromatic heterocycles. The second kappa shape index (κ2) is 11.1. The number of benzene rings is 2. The van der Waals surface area contributed by atoms with E-state index < -0.39 is 0 Å². The molecule has 1 saturated carbocycles. The Kier molecular flexibility index (Phi) is 7.27. The van der Waals surface area contributed by atoms with E-state index in [9.17, 15) is 4.79 Å². The van der Waals surface area contributed by atoms with E-state index in [2.05, 4.69) is 60.9 Å². The summed E-state index contributed by atoms with van der Waals surface area (Å²) in [4.78, 5) is 17.5. The molecule has 0 unspecified atom stereocenters. The van der Waals surface area contributed by atoms with E-state index >= 15 is 0 Å². The number of aryl methyl sites for hydroxylation is 1. The molecule has 1 N–H and O–H groups in total. The molecule has 0 radical (unpaired) electrons. The summed E-state index contributed by atoms with van der Waals surface area (Å²) in [6.45, 7) is 0.525. The molecule has 8 nitrogen and oxygen atoms in total. The Morgan fingerprint density at radius 2 is 1.83 bits per heavy atom. The Morgan fingerprint density at radius 1 is 1.06 bits per heavy atom. The molecule has 0 atom stereocenters. The van der Waals surface area contributed by atoms with Gasteiger partial charge in [-0.15, -0.1) is 22.5 Å². The average molecular weight is 480 g/mol. The number of Topliss-reactive ketones (excluding diaryl/α,β-unsaturated/α-hetero) is 1. The van der Waals surface area contributed by atoms with Crippen LogP contribution < -0.4 is 0 Å². The first kappa shape index (κ1) is 23.6. The summed E-state index contributed by atoms with van der Waals surface area (Å²) in [6, 6.07) is 16.3. The quantitative estimate of drug-likeness (QED) is 0.271. The minimum Gasteiger partial charge on any atom is -0.291 e. The van der Waals surface area contributed by atoms with E-state index in [4.69, 9.17) is 6.42 Å². The molecule has 5 rings (SSSR count). The summed E-state index contributed by atoms with van der Waals surface area (Å²) in [5.74, 6) is 4.86. The molecule has 1 aliphatic rings. The van der Waals surface area contributed by atoms with Gasteiger partial charge in [0.15, 0.2) is 5.82 Å². The fourth-order valence-corrected chi connectivity index (χ4v) is 4.91. The van der Waals surface area contributed by atoms with Gasteiger partial charge in [-0.05, 0) is 33.0 Å². The van der Waals surface area contributed by atoms with Gasteiger partial charge in [0, 0.05) is 24.8 Å². The SMILES string of the molecule is C#CCCc1nc(C(=O)CC2CCCCC2)nn1Cc1ccc(-c2ccccc2-c2nnn[nH]2)cc1. The van der Waals surface area contributed by atoms with Crippen LogP contribution in [-0.2, 0) is 13.0 Å². The number of carbonyl (C=O) groups excluding carboxylic acids is 1. The van der Waals surface area contributed by atoms with E-state index in [1.807, 2.05) is 28.9 Å². The number of carbonyl (C=O) groups is 1. The summed E-state index contributed by atoms with van der Waals surface area (Å²) < 4.78 is 1.83. The number of nitrogens with one attached hydrogen (secondary N) is 1. The molecule has 182 valence electrons. The second-order valence-electron chi connectivity index (χ2n) is 9.34.